The normalized spacial score (nSPS) is 10.4. The Morgan fingerprint density at radius 2 is 1.67 bits per heavy atom. The number of halogens is 1. The van der Waals surface area contributed by atoms with Crippen molar-refractivity contribution < 1.29 is 19.0 Å². The third-order valence-corrected chi connectivity index (χ3v) is 2.85. The maximum Gasteiger partial charge on any atom is 0.256 e. The van der Waals surface area contributed by atoms with Gasteiger partial charge in [0.25, 0.3) is 5.24 Å². The van der Waals surface area contributed by atoms with Crippen LogP contribution in [-0.4, -0.2) is 26.6 Å². The lowest BCUT2D eigenvalue weighted by molar-refractivity contribution is 0.107. The molecule has 5 heteroatoms. The molecule has 18 heavy (non-hydrogen) atoms. The molecule has 100 valence electrons. The predicted molar refractivity (Wildman–Crippen MR) is 70.4 cm³/mol. The lowest BCUT2D eigenvalue weighted by Gasteiger charge is -2.20. The van der Waals surface area contributed by atoms with Crippen molar-refractivity contribution in [1.82, 2.24) is 0 Å². The summed E-state index contributed by atoms with van der Waals surface area (Å²) in [6.45, 7) is 3.95. The Kier molecular flexibility index (Phi) is 4.84. The summed E-state index contributed by atoms with van der Waals surface area (Å²) in [4.78, 5) is 11.5. The number of hydrogen-bond acceptors (Lipinski definition) is 4. The van der Waals surface area contributed by atoms with Crippen LogP contribution in [0.5, 0.6) is 17.2 Å². The molecule has 1 aromatic carbocycles. The molecule has 0 aromatic heterocycles. The summed E-state index contributed by atoms with van der Waals surface area (Å²) in [7, 11) is 4.55. The molecule has 0 N–H and O–H groups in total. The monoisotopic (exact) mass is 272 g/mol. The molecule has 0 atom stereocenters. The van der Waals surface area contributed by atoms with E-state index in [1.807, 2.05) is 13.8 Å². The van der Waals surface area contributed by atoms with Crippen LogP contribution in [0.2, 0.25) is 0 Å². The van der Waals surface area contributed by atoms with E-state index in [0.29, 0.717) is 17.2 Å². The van der Waals surface area contributed by atoms with Crippen LogP contribution in [0.15, 0.2) is 6.07 Å². The smallest absolute Gasteiger partial charge is 0.256 e. The van der Waals surface area contributed by atoms with Crippen LogP contribution < -0.4 is 14.2 Å². The number of carbonyl (C=O) groups excluding carboxylic acids is 1. The Hall–Kier alpha value is -1.42. The van der Waals surface area contributed by atoms with Gasteiger partial charge in [-0.1, -0.05) is 13.8 Å². The van der Waals surface area contributed by atoms with E-state index in [1.54, 1.807) is 7.11 Å². The van der Waals surface area contributed by atoms with Gasteiger partial charge in [0.05, 0.1) is 26.9 Å². The molecule has 0 bridgehead atoms. The van der Waals surface area contributed by atoms with E-state index in [9.17, 15) is 4.79 Å². The Morgan fingerprint density at radius 3 is 2.00 bits per heavy atom. The number of ether oxygens (including phenoxy) is 3. The Bertz CT molecular complexity index is 455. The van der Waals surface area contributed by atoms with Gasteiger partial charge in [0.15, 0.2) is 11.5 Å². The van der Waals surface area contributed by atoms with E-state index < -0.39 is 5.24 Å². The zero-order valence-corrected chi connectivity index (χ0v) is 11.9. The molecular formula is C13H17ClO4. The van der Waals surface area contributed by atoms with Crippen molar-refractivity contribution in [1.29, 1.82) is 0 Å². The fourth-order valence-electron chi connectivity index (χ4n) is 1.90. The molecule has 0 fully saturated rings. The van der Waals surface area contributed by atoms with E-state index in [1.165, 1.54) is 20.3 Å². The van der Waals surface area contributed by atoms with E-state index in [-0.39, 0.29) is 11.5 Å². The van der Waals surface area contributed by atoms with Crippen LogP contribution >= 0.6 is 11.6 Å². The van der Waals surface area contributed by atoms with E-state index >= 15 is 0 Å². The Morgan fingerprint density at radius 1 is 1.11 bits per heavy atom. The van der Waals surface area contributed by atoms with Gasteiger partial charge in [0, 0.05) is 5.56 Å². The standard InChI is InChI=1S/C13H17ClO4/c1-7(2)10-11(17-4)8(13(14)15)6-9(16-3)12(10)18-5/h6-7H,1-5H3. The molecule has 0 amide bonds. The van der Waals surface area contributed by atoms with Crippen LogP contribution in [0.3, 0.4) is 0 Å². The van der Waals surface area contributed by atoms with Crippen molar-refractivity contribution in [2.45, 2.75) is 19.8 Å². The van der Waals surface area contributed by atoms with Crippen LogP contribution in [0.1, 0.15) is 35.7 Å². The second-order valence-corrected chi connectivity index (χ2v) is 4.38. The number of benzene rings is 1. The van der Waals surface area contributed by atoms with Crippen molar-refractivity contribution in [3.63, 3.8) is 0 Å². The van der Waals surface area contributed by atoms with Crippen molar-refractivity contribution in [3.8, 4) is 17.2 Å². The first-order valence-corrected chi connectivity index (χ1v) is 5.88. The van der Waals surface area contributed by atoms with Crippen LogP contribution in [-0.2, 0) is 0 Å². The first-order chi connectivity index (χ1) is 8.47. The number of carbonyl (C=O) groups is 1. The van der Waals surface area contributed by atoms with Crippen LogP contribution in [0.25, 0.3) is 0 Å². The highest BCUT2D eigenvalue weighted by Crippen LogP contribution is 2.44. The van der Waals surface area contributed by atoms with E-state index in [0.717, 1.165) is 5.56 Å². The fourth-order valence-corrected chi connectivity index (χ4v) is 2.04. The summed E-state index contributed by atoms with van der Waals surface area (Å²) in [5.74, 6) is 1.56. The Balaban J connectivity index is 3.69. The largest absolute Gasteiger partial charge is 0.496 e. The predicted octanol–water partition coefficient (Wildman–Crippen LogP) is 3.21. The fraction of sp³-hybridized carbons (Fsp3) is 0.462. The van der Waals surface area contributed by atoms with Crippen LogP contribution in [0.4, 0.5) is 0 Å². The highest BCUT2D eigenvalue weighted by atomic mass is 35.5. The Labute approximate surface area is 112 Å². The van der Waals surface area contributed by atoms with Gasteiger partial charge in [0.1, 0.15) is 5.75 Å². The molecule has 1 aromatic rings. The molecule has 0 aliphatic rings. The van der Waals surface area contributed by atoms with Crippen molar-refractivity contribution >= 4 is 16.8 Å². The van der Waals surface area contributed by atoms with Gasteiger partial charge in [0.2, 0.25) is 0 Å². The second-order valence-electron chi connectivity index (χ2n) is 4.03. The summed E-state index contributed by atoms with van der Waals surface area (Å²) in [6, 6.07) is 1.53. The molecule has 0 radical (unpaired) electrons. The highest BCUT2D eigenvalue weighted by Gasteiger charge is 2.24. The van der Waals surface area contributed by atoms with E-state index in [4.69, 9.17) is 25.8 Å². The van der Waals surface area contributed by atoms with Gasteiger partial charge in [-0.2, -0.15) is 0 Å². The second kappa shape index (κ2) is 5.96. The molecule has 0 unspecified atom stereocenters. The molecule has 0 aliphatic heterocycles. The topological polar surface area (TPSA) is 44.8 Å². The zero-order chi connectivity index (χ0) is 13.9. The van der Waals surface area contributed by atoms with Crippen molar-refractivity contribution in [3.05, 3.63) is 17.2 Å². The van der Waals surface area contributed by atoms with Crippen molar-refractivity contribution in [2.75, 3.05) is 21.3 Å². The minimum absolute atomic E-state index is 0.0970. The minimum Gasteiger partial charge on any atom is -0.496 e. The maximum absolute atomic E-state index is 11.5. The molecule has 0 heterocycles. The molecule has 1 rings (SSSR count). The molecule has 0 spiro atoms. The molecule has 4 nitrogen and oxygen atoms in total. The first-order valence-electron chi connectivity index (χ1n) is 5.50. The third kappa shape index (κ3) is 2.53. The summed E-state index contributed by atoms with van der Waals surface area (Å²) in [5, 5.41) is -0.588. The van der Waals surface area contributed by atoms with Gasteiger partial charge in [-0.3, -0.25) is 4.79 Å². The van der Waals surface area contributed by atoms with Gasteiger partial charge in [-0.05, 0) is 23.6 Å². The lowest BCUT2D eigenvalue weighted by atomic mass is 9.97. The SMILES string of the molecule is COc1cc(C(=O)Cl)c(OC)c(C(C)C)c1OC. The molecule has 0 saturated heterocycles. The van der Waals surface area contributed by atoms with Gasteiger partial charge < -0.3 is 14.2 Å². The number of rotatable bonds is 5. The highest BCUT2D eigenvalue weighted by molar-refractivity contribution is 6.68. The van der Waals surface area contributed by atoms with Gasteiger partial charge in [-0.25, -0.2) is 0 Å². The average Bonchev–Trinajstić information content (AvgIpc) is 2.35. The first kappa shape index (κ1) is 14.6. The van der Waals surface area contributed by atoms with E-state index in [2.05, 4.69) is 0 Å². The number of hydrogen-bond donors (Lipinski definition) is 0. The average molecular weight is 273 g/mol. The van der Waals surface area contributed by atoms with Gasteiger partial charge >= 0.3 is 0 Å². The maximum atomic E-state index is 11.5. The van der Waals surface area contributed by atoms with Crippen molar-refractivity contribution in [2.24, 2.45) is 0 Å². The molecule has 0 aliphatic carbocycles. The molecular weight excluding hydrogens is 256 g/mol. The number of methoxy groups -OCH3 is 3. The summed E-state index contributed by atoms with van der Waals surface area (Å²) < 4.78 is 15.9. The zero-order valence-electron chi connectivity index (χ0n) is 11.2. The minimum atomic E-state index is -0.588. The third-order valence-electron chi connectivity index (χ3n) is 2.65. The molecule has 0 saturated carbocycles. The summed E-state index contributed by atoms with van der Waals surface area (Å²) >= 11 is 5.57. The van der Waals surface area contributed by atoms with Gasteiger partial charge in [-0.15, -0.1) is 0 Å². The summed E-state index contributed by atoms with van der Waals surface area (Å²) in [5.41, 5.74) is 1.05. The summed E-state index contributed by atoms with van der Waals surface area (Å²) in [6.07, 6.45) is 0. The quantitative estimate of drug-likeness (QED) is 0.772. The van der Waals surface area contributed by atoms with Crippen LogP contribution in [0, 0.1) is 0 Å². The lowest BCUT2D eigenvalue weighted by Crippen LogP contribution is -2.06.